The highest BCUT2D eigenvalue weighted by molar-refractivity contribution is 7.12. The quantitative estimate of drug-likeness (QED) is 0.781. The Labute approximate surface area is 137 Å². The van der Waals surface area contributed by atoms with Gasteiger partial charge in [0.15, 0.2) is 0 Å². The van der Waals surface area contributed by atoms with Crippen molar-refractivity contribution >= 4 is 17.2 Å². The number of carbonyl (C=O) groups excluding carboxylic acids is 1. The largest absolute Gasteiger partial charge is 0.351 e. The number of carbonyl (C=O) groups is 1. The normalized spacial score (nSPS) is 19.5. The maximum atomic E-state index is 12.4. The van der Waals surface area contributed by atoms with Crippen LogP contribution in [-0.4, -0.2) is 32.7 Å². The van der Waals surface area contributed by atoms with Gasteiger partial charge in [0.05, 0.1) is 5.69 Å². The van der Waals surface area contributed by atoms with E-state index in [4.69, 9.17) is 0 Å². The Balaban J connectivity index is 1.38. The van der Waals surface area contributed by atoms with Gasteiger partial charge in [0.25, 0.3) is 5.91 Å². The zero-order valence-corrected chi connectivity index (χ0v) is 13.1. The summed E-state index contributed by atoms with van der Waals surface area (Å²) in [6, 6.07) is 12.3. The van der Waals surface area contributed by atoms with E-state index in [0.29, 0.717) is 28.9 Å². The van der Waals surface area contributed by atoms with Crippen molar-refractivity contribution in [2.75, 3.05) is 6.54 Å². The molecule has 1 fully saturated rings. The summed E-state index contributed by atoms with van der Waals surface area (Å²) < 4.78 is 1.51. The van der Waals surface area contributed by atoms with Crippen LogP contribution >= 0.6 is 11.3 Å². The Morgan fingerprint density at radius 3 is 2.96 bits per heavy atom. The molecule has 116 valence electrons. The second-order valence-electron chi connectivity index (χ2n) is 5.61. The van der Waals surface area contributed by atoms with E-state index in [1.807, 2.05) is 17.5 Å². The summed E-state index contributed by atoms with van der Waals surface area (Å²) in [6.07, 6.45) is 2.62. The molecule has 1 aliphatic carbocycles. The number of aromatic nitrogens is 4. The molecule has 0 aliphatic heterocycles. The first kappa shape index (κ1) is 14.1. The van der Waals surface area contributed by atoms with Crippen LogP contribution < -0.4 is 5.32 Å². The van der Waals surface area contributed by atoms with E-state index in [9.17, 15) is 4.79 Å². The Bertz CT molecular complexity index is 799. The number of benzene rings is 1. The molecule has 0 bridgehead atoms. The molecule has 1 aliphatic rings. The lowest BCUT2D eigenvalue weighted by molar-refractivity contribution is 0.0955. The summed E-state index contributed by atoms with van der Waals surface area (Å²) in [7, 11) is 0. The van der Waals surface area contributed by atoms with E-state index in [2.05, 4.69) is 45.1 Å². The van der Waals surface area contributed by atoms with Crippen molar-refractivity contribution in [1.29, 1.82) is 0 Å². The molecule has 6 nitrogen and oxygen atoms in total. The van der Waals surface area contributed by atoms with Crippen LogP contribution in [0.25, 0.3) is 5.69 Å². The minimum Gasteiger partial charge on any atom is -0.351 e. The monoisotopic (exact) mass is 325 g/mol. The lowest BCUT2D eigenvalue weighted by Gasteiger charge is -2.05. The van der Waals surface area contributed by atoms with Crippen molar-refractivity contribution < 1.29 is 4.79 Å². The van der Waals surface area contributed by atoms with Crippen LogP contribution in [0.15, 0.2) is 48.1 Å². The summed E-state index contributed by atoms with van der Waals surface area (Å²) in [4.78, 5) is 13.0. The predicted molar refractivity (Wildman–Crippen MR) is 86.7 cm³/mol. The number of rotatable bonds is 5. The number of nitrogens with zero attached hydrogens (tertiary/aromatic N) is 4. The third-order valence-corrected chi connectivity index (χ3v) is 5.02. The first-order valence-corrected chi connectivity index (χ1v) is 8.35. The lowest BCUT2D eigenvalue weighted by atomic mass is 10.1. The van der Waals surface area contributed by atoms with Crippen LogP contribution in [0.5, 0.6) is 0 Å². The summed E-state index contributed by atoms with van der Waals surface area (Å²) in [5.74, 6) is 1.03. The van der Waals surface area contributed by atoms with E-state index in [1.165, 1.54) is 27.9 Å². The summed E-state index contributed by atoms with van der Waals surface area (Å²) in [5, 5.41) is 16.0. The molecule has 2 atom stereocenters. The molecule has 0 saturated heterocycles. The molecule has 3 aromatic rings. The molecule has 2 aromatic heterocycles. The smallest absolute Gasteiger partial charge is 0.263 e. The Morgan fingerprint density at radius 1 is 1.30 bits per heavy atom. The maximum absolute atomic E-state index is 12.4. The van der Waals surface area contributed by atoms with Gasteiger partial charge in [-0.25, -0.2) is 0 Å². The van der Waals surface area contributed by atoms with Gasteiger partial charge in [0, 0.05) is 6.54 Å². The van der Waals surface area contributed by atoms with Crippen LogP contribution in [0.3, 0.4) is 0 Å². The highest BCUT2D eigenvalue weighted by Crippen LogP contribution is 2.46. The Hall–Kier alpha value is -2.54. The zero-order valence-electron chi connectivity index (χ0n) is 12.3. The van der Waals surface area contributed by atoms with Gasteiger partial charge >= 0.3 is 0 Å². The fourth-order valence-corrected chi connectivity index (χ4v) is 3.60. The molecule has 0 radical (unpaired) electrons. The van der Waals surface area contributed by atoms with Gasteiger partial charge in [-0.2, -0.15) is 4.68 Å². The minimum absolute atomic E-state index is 0.0655. The summed E-state index contributed by atoms with van der Waals surface area (Å²) >= 11 is 1.40. The SMILES string of the molecule is O=C(NC[C@H]1C[C@@H]1c1ccccc1)c1sccc1-n1cnnn1. The fraction of sp³-hybridized carbons (Fsp3) is 0.250. The predicted octanol–water partition coefficient (Wildman–Crippen LogP) is 2.26. The molecular formula is C16H15N5OS. The van der Waals surface area contributed by atoms with Gasteiger partial charge in [-0.05, 0) is 45.7 Å². The van der Waals surface area contributed by atoms with E-state index in [1.54, 1.807) is 0 Å². The van der Waals surface area contributed by atoms with Crippen LogP contribution in [0.2, 0.25) is 0 Å². The van der Waals surface area contributed by atoms with Crippen molar-refractivity contribution in [3.05, 3.63) is 58.5 Å². The molecule has 0 unspecified atom stereocenters. The van der Waals surface area contributed by atoms with E-state index in [-0.39, 0.29) is 5.91 Å². The number of nitrogens with one attached hydrogen (secondary N) is 1. The van der Waals surface area contributed by atoms with Crippen LogP contribution in [0.1, 0.15) is 27.6 Å². The molecule has 7 heteroatoms. The molecule has 2 heterocycles. The van der Waals surface area contributed by atoms with Crippen molar-refractivity contribution in [3.8, 4) is 5.69 Å². The first-order valence-electron chi connectivity index (χ1n) is 7.47. The topological polar surface area (TPSA) is 72.7 Å². The second-order valence-corrected chi connectivity index (χ2v) is 6.53. The van der Waals surface area contributed by atoms with Crippen molar-refractivity contribution in [2.24, 2.45) is 5.92 Å². The summed E-state index contributed by atoms with van der Waals surface area (Å²) in [5.41, 5.74) is 2.07. The number of thiophene rings is 1. The molecule has 23 heavy (non-hydrogen) atoms. The average Bonchev–Trinajstić information content (AvgIpc) is 2.99. The number of amides is 1. The zero-order chi connectivity index (χ0) is 15.6. The number of hydrogen-bond acceptors (Lipinski definition) is 5. The van der Waals surface area contributed by atoms with Crippen LogP contribution in [0, 0.1) is 5.92 Å². The van der Waals surface area contributed by atoms with E-state index >= 15 is 0 Å². The van der Waals surface area contributed by atoms with Gasteiger partial charge in [-0.15, -0.1) is 16.4 Å². The standard InChI is InChI=1S/C16H15N5OS/c22-16(15-14(6-7-23-15)21-10-18-19-20-21)17-9-12-8-13(12)11-4-2-1-3-5-11/h1-7,10,12-13H,8-9H2,(H,17,22)/t12-,13-/m1/s1. The van der Waals surface area contributed by atoms with Crippen molar-refractivity contribution in [1.82, 2.24) is 25.5 Å². The number of hydrogen-bond donors (Lipinski definition) is 1. The Kier molecular flexibility index (Phi) is 3.63. The molecular weight excluding hydrogens is 310 g/mol. The molecule has 1 aromatic carbocycles. The van der Waals surface area contributed by atoms with Crippen molar-refractivity contribution in [3.63, 3.8) is 0 Å². The minimum atomic E-state index is -0.0655. The van der Waals surface area contributed by atoms with Crippen LogP contribution in [0.4, 0.5) is 0 Å². The highest BCUT2D eigenvalue weighted by Gasteiger charge is 2.38. The van der Waals surface area contributed by atoms with E-state index in [0.717, 1.165) is 6.42 Å². The molecule has 1 saturated carbocycles. The summed E-state index contributed by atoms with van der Waals surface area (Å²) in [6.45, 7) is 0.700. The van der Waals surface area contributed by atoms with Gasteiger partial charge < -0.3 is 5.32 Å². The van der Waals surface area contributed by atoms with E-state index < -0.39 is 0 Å². The second kappa shape index (κ2) is 5.92. The lowest BCUT2D eigenvalue weighted by Crippen LogP contribution is -2.26. The molecule has 1 amide bonds. The van der Waals surface area contributed by atoms with Crippen LogP contribution in [-0.2, 0) is 0 Å². The number of tetrazole rings is 1. The highest BCUT2D eigenvalue weighted by atomic mass is 32.1. The van der Waals surface area contributed by atoms with Gasteiger partial charge in [-0.3, -0.25) is 4.79 Å². The third kappa shape index (κ3) is 2.87. The maximum Gasteiger partial charge on any atom is 0.263 e. The molecule has 4 rings (SSSR count). The van der Waals surface area contributed by atoms with Crippen molar-refractivity contribution in [2.45, 2.75) is 12.3 Å². The van der Waals surface area contributed by atoms with Gasteiger partial charge in [-0.1, -0.05) is 30.3 Å². The van der Waals surface area contributed by atoms with Gasteiger partial charge in [0.2, 0.25) is 0 Å². The Morgan fingerprint density at radius 2 is 2.17 bits per heavy atom. The average molecular weight is 325 g/mol. The molecule has 1 N–H and O–H groups in total. The molecule has 0 spiro atoms. The fourth-order valence-electron chi connectivity index (χ4n) is 2.81. The van der Waals surface area contributed by atoms with Gasteiger partial charge in [0.1, 0.15) is 11.2 Å². The third-order valence-electron chi connectivity index (χ3n) is 4.12. The first-order chi connectivity index (χ1) is 11.3.